The van der Waals surface area contributed by atoms with Gasteiger partial charge in [-0.15, -0.1) is 0 Å². The highest BCUT2D eigenvalue weighted by Crippen LogP contribution is 2.12. The van der Waals surface area contributed by atoms with Gasteiger partial charge in [0.05, 0.1) is 0 Å². The lowest BCUT2D eigenvalue weighted by Crippen LogP contribution is -2.31. The SMILES string of the molecule is CCc1ccc(OCC(=O)OCC(=O)NCCc2ccccc2)cc1. The van der Waals surface area contributed by atoms with E-state index in [2.05, 4.69) is 12.2 Å². The van der Waals surface area contributed by atoms with Crippen LogP contribution < -0.4 is 10.1 Å². The van der Waals surface area contributed by atoms with Crippen LogP contribution in [0.5, 0.6) is 5.75 Å². The number of carbonyl (C=O) groups is 2. The first-order chi connectivity index (χ1) is 12.2. The normalized spacial score (nSPS) is 10.1. The van der Waals surface area contributed by atoms with Crippen molar-refractivity contribution in [2.45, 2.75) is 19.8 Å². The van der Waals surface area contributed by atoms with Crippen molar-refractivity contribution in [1.29, 1.82) is 0 Å². The molecule has 0 radical (unpaired) electrons. The zero-order chi connectivity index (χ0) is 17.9. The molecule has 0 heterocycles. The number of amides is 1. The predicted molar refractivity (Wildman–Crippen MR) is 95.4 cm³/mol. The molecule has 25 heavy (non-hydrogen) atoms. The molecule has 5 heteroatoms. The van der Waals surface area contributed by atoms with Gasteiger partial charge in [0.15, 0.2) is 13.2 Å². The van der Waals surface area contributed by atoms with Gasteiger partial charge in [0.25, 0.3) is 5.91 Å². The summed E-state index contributed by atoms with van der Waals surface area (Å²) in [5.41, 5.74) is 2.34. The molecule has 0 spiro atoms. The monoisotopic (exact) mass is 341 g/mol. The fourth-order valence-electron chi connectivity index (χ4n) is 2.19. The number of benzene rings is 2. The molecule has 0 aliphatic carbocycles. The lowest BCUT2D eigenvalue weighted by Gasteiger charge is -2.08. The molecular weight excluding hydrogens is 318 g/mol. The number of hydrogen-bond donors (Lipinski definition) is 1. The lowest BCUT2D eigenvalue weighted by molar-refractivity contribution is -0.150. The van der Waals surface area contributed by atoms with E-state index in [0.29, 0.717) is 12.3 Å². The van der Waals surface area contributed by atoms with Gasteiger partial charge in [-0.3, -0.25) is 4.79 Å². The van der Waals surface area contributed by atoms with E-state index >= 15 is 0 Å². The highest BCUT2D eigenvalue weighted by molar-refractivity contribution is 5.80. The maximum Gasteiger partial charge on any atom is 0.344 e. The van der Waals surface area contributed by atoms with Crippen LogP contribution in [-0.2, 0) is 27.2 Å². The quantitative estimate of drug-likeness (QED) is 0.712. The second-order valence-electron chi connectivity index (χ2n) is 5.53. The van der Waals surface area contributed by atoms with E-state index < -0.39 is 5.97 Å². The number of hydrogen-bond acceptors (Lipinski definition) is 4. The number of esters is 1. The Balaban J connectivity index is 1.59. The van der Waals surface area contributed by atoms with E-state index in [1.54, 1.807) is 0 Å². The van der Waals surface area contributed by atoms with Crippen molar-refractivity contribution >= 4 is 11.9 Å². The molecule has 0 unspecified atom stereocenters. The van der Waals surface area contributed by atoms with Gasteiger partial charge in [-0.25, -0.2) is 4.79 Å². The van der Waals surface area contributed by atoms with Crippen molar-refractivity contribution in [2.24, 2.45) is 0 Å². The summed E-state index contributed by atoms with van der Waals surface area (Å²) < 4.78 is 10.2. The van der Waals surface area contributed by atoms with E-state index in [9.17, 15) is 9.59 Å². The van der Waals surface area contributed by atoms with Crippen LogP contribution >= 0.6 is 0 Å². The number of carbonyl (C=O) groups excluding carboxylic acids is 2. The molecule has 0 saturated heterocycles. The zero-order valence-corrected chi connectivity index (χ0v) is 14.4. The van der Waals surface area contributed by atoms with Gasteiger partial charge in [0, 0.05) is 6.54 Å². The summed E-state index contributed by atoms with van der Waals surface area (Å²) in [7, 11) is 0. The van der Waals surface area contributed by atoms with E-state index in [4.69, 9.17) is 9.47 Å². The molecule has 0 bridgehead atoms. The molecule has 0 aromatic heterocycles. The summed E-state index contributed by atoms with van der Waals surface area (Å²) >= 11 is 0. The number of nitrogens with one attached hydrogen (secondary N) is 1. The minimum atomic E-state index is -0.572. The van der Waals surface area contributed by atoms with Crippen molar-refractivity contribution in [3.8, 4) is 5.75 Å². The third-order valence-corrected chi connectivity index (χ3v) is 3.63. The van der Waals surface area contributed by atoms with Gasteiger partial charge in [0.1, 0.15) is 5.75 Å². The second-order valence-corrected chi connectivity index (χ2v) is 5.53. The van der Waals surface area contributed by atoms with Crippen LogP contribution in [0.25, 0.3) is 0 Å². The van der Waals surface area contributed by atoms with Crippen LogP contribution in [0.1, 0.15) is 18.1 Å². The third-order valence-electron chi connectivity index (χ3n) is 3.63. The Morgan fingerprint density at radius 3 is 2.32 bits per heavy atom. The first-order valence-corrected chi connectivity index (χ1v) is 8.35. The topological polar surface area (TPSA) is 64.6 Å². The Hall–Kier alpha value is -2.82. The van der Waals surface area contributed by atoms with E-state index in [-0.39, 0.29) is 19.1 Å². The molecule has 2 rings (SSSR count). The summed E-state index contributed by atoms with van der Waals surface area (Å²) in [5, 5.41) is 2.72. The summed E-state index contributed by atoms with van der Waals surface area (Å²) in [6, 6.07) is 17.4. The molecule has 0 aliphatic rings. The van der Waals surface area contributed by atoms with Gasteiger partial charge in [-0.05, 0) is 36.1 Å². The summed E-state index contributed by atoms with van der Waals surface area (Å²) in [5.74, 6) is -0.296. The zero-order valence-electron chi connectivity index (χ0n) is 14.4. The number of ether oxygens (including phenoxy) is 2. The van der Waals surface area contributed by atoms with Crippen molar-refractivity contribution in [3.63, 3.8) is 0 Å². The molecule has 0 aliphatic heterocycles. The first kappa shape index (κ1) is 18.5. The molecule has 1 amide bonds. The highest BCUT2D eigenvalue weighted by Gasteiger charge is 2.08. The molecule has 2 aromatic rings. The Bertz CT molecular complexity index is 668. The molecule has 5 nitrogen and oxygen atoms in total. The van der Waals surface area contributed by atoms with Crippen molar-refractivity contribution < 1.29 is 19.1 Å². The lowest BCUT2D eigenvalue weighted by atomic mass is 10.1. The highest BCUT2D eigenvalue weighted by atomic mass is 16.6. The third kappa shape index (κ3) is 7.08. The Labute approximate surface area is 148 Å². The van der Waals surface area contributed by atoms with Gasteiger partial charge in [-0.2, -0.15) is 0 Å². The molecule has 1 N–H and O–H groups in total. The average molecular weight is 341 g/mol. The first-order valence-electron chi connectivity index (χ1n) is 8.35. The fraction of sp³-hybridized carbons (Fsp3) is 0.300. The van der Waals surface area contributed by atoms with Gasteiger partial charge < -0.3 is 14.8 Å². The molecule has 132 valence electrons. The van der Waals surface area contributed by atoms with Crippen LogP contribution in [0, 0.1) is 0 Å². The molecule has 0 saturated carbocycles. The van der Waals surface area contributed by atoms with Gasteiger partial charge >= 0.3 is 5.97 Å². The van der Waals surface area contributed by atoms with Crippen LogP contribution in [0.4, 0.5) is 0 Å². The van der Waals surface area contributed by atoms with Crippen LogP contribution in [0.3, 0.4) is 0 Å². The molecular formula is C20H23NO4. The summed E-state index contributed by atoms with van der Waals surface area (Å²) in [4.78, 5) is 23.3. The Morgan fingerprint density at radius 1 is 0.920 bits per heavy atom. The minimum Gasteiger partial charge on any atom is -0.482 e. The molecule has 0 atom stereocenters. The summed E-state index contributed by atoms with van der Waals surface area (Å²) in [6.07, 6.45) is 1.68. The number of rotatable bonds is 9. The maximum absolute atomic E-state index is 11.7. The second kappa shape index (κ2) is 10.1. The van der Waals surface area contributed by atoms with E-state index in [1.165, 1.54) is 5.56 Å². The van der Waals surface area contributed by atoms with Crippen LogP contribution in [0.2, 0.25) is 0 Å². The predicted octanol–water partition coefficient (Wildman–Crippen LogP) is 2.53. The standard InChI is InChI=1S/C20H23NO4/c1-2-16-8-10-18(11-9-16)24-15-20(23)25-14-19(22)21-13-12-17-6-4-3-5-7-17/h3-11H,2,12-15H2,1H3,(H,21,22). The maximum atomic E-state index is 11.7. The van der Waals surface area contributed by atoms with Crippen molar-refractivity contribution in [1.82, 2.24) is 5.32 Å². The number of aryl methyl sites for hydroxylation is 1. The van der Waals surface area contributed by atoms with Gasteiger partial charge in [-0.1, -0.05) is 49.4 Å². The van der Waals surface area contributed by atoms with Crippen molar-refractivity contribution in [3.05, 3.63) is 65.7 Å². The minimum absolute atomic E-state index is 0.219. The van der Waals surface area contributed by atoms with Crippen LogP contribution in [-0.4, -0.2) is 31.6 Å². The molecule has 0 fully saturated rings. The smallest absolute Gasteiger partial charge is 0.344 e. The fourth-order valence-corrected chi connectivity index (χ4v) is 2.19. The Kier molecular flexibility index (Phi) is 7.50. The Morgan fingerprint density at radius 2 is 1.64 bits per heavy atom. The average Bonchev–Trinajstić information content (AvgIpc) is 2.66. The van der Waals surface area contributed by atoms with E-state index in [1.807, 2.05) is 54.6 Å². The van der Waals surface area contributed by atoms with E-state index in [0.717, 1.165) is 18.4 Å². The van der Waals surface area contributed by atoms with Gasteiger partial charge in [0.2, 0.25) is 0 Å². The van der Waals surface area contributed by atoms with Crippen LogP contribution in [0.15, 0.2) is 54.6 Å². The van der Waals surface area contributed by atoms with Crippen molar-refractivity contribution in [2.75, 3.05) is 19.8 Å². The summed E-state index contributed by atoms with van der Waals surface area (Å²) in [6.45, 7) is 2.05. The largest absolute Gasteiger partial charge is 0.482 e. The molecule has 2 aromatic carbocycles.